The molecule has 32 heavy (non-hydrogen) atoms. The zero-order valence-electron chi connectivity index (χ0n) is 17.7. The van der Waals surface area contributed by atoms with Gasteiger partial charge in [-0.3, -0.25) is 9.59 Å². The summed E-state index contributed by atoms with van der Waals surface area (Å²) < 4.78 is 12.9. The average Bonchev–Trinajstić information content (AvgIpc) is 3.45. The monoisotopic (exact) mass is 439 g/mol. The summed E-state index contributed by atoms with van der Waals surface area (Å²) in [6, 6.07) is 11.7. The van der Waals surface area contributed by atoms with E-state index in [1.165, 1.54) is 0 Å². The van der Waals surface area contributed by atoms with E-state index in [-0.39, 0.29) is 24.7 Å². The van der Waals surface area contributed by atoms with Crippen LogP contribution in [0.4, 0.5) is 0 Å². The Bertz CT molecular complexity index is 1100. The largest absolute Gasteiger partial charge is 0.483 e. The highest BCUT2D eigenvalue weighted by molar-refractivity contribution is 5.95. The van der Waals surface area contributed by atoms with Crippen LogP contribution >= 0.6 is 0 Å². The molecule has 1 unspecified atom stereocenters. The first-order valence-electron chi connectivity index (χ1n) is 10.2. The van der Waals surface area contributed by atoms with Gasteiger partial charge in [0, 0.05) is 25.5 Å². The third kappa shape index (κ3) is 5.70. The molecule has 4 rings (SSSR count). The second kappa shape index (κ2) is 11.1. The first-order valence-corrected chi connectivity index (χ1v) is 10.2. The fraction of sp³-hybridized carbons (Fsp3) is 0.304. The molecule has 1 aromatic carbocycles. The minimum absolute atomic E-state index is 0.0212. The number of hydrogen-bond acceptors (Lipinski definition) is 6. The maximum Gasteiger partial charge on any atom is 0.349 e. The summed E-state index contributed by atoms with van der Waals surface area (Å²) in [5.74, 6) is 0.726. The molecule has 0 bridgehead atoms. The number of nitrogens with zero attached hydrogens (tertiary/aromatic N) is 2. The molecule has 9 nitrogen and oxygen atoms in total. The Morgan fingerprint density at radius 3 is 2.75 bits per heavy atom. The molecule has 1 aliphatic heterocycles. The predicted octanol–water partition coefficient (Wildman–Crippen LogP) is 2.68. The van der Waals surface area contributed by atoms with Crippen molar-refractivity contribution in [2.24, 2.45) is 0 Å². The molecule has 0 aliphatic carbocycles. The Labute approximate surface area is 184 Å². The fourth-order valence-electron chi connectivity index (χ4n) is 3.55. The molecular weight excluding hydrogens is 414 g/mol. The summed E-state index contributed by atoms with van der Waals surface area (Å²) in [7, 11) is 0. The van der Waals surface area contributed by atoms with Crippen molar-refractivity contribution < 1.29 is 23.8 Å². The summed E-state index contributed by atoms with van der Waals surface area (Å²) >= 11 is 0. The van der Waals surface area contributed by atoms with Crippen LogP contribution in [0.1, 0.15) is 52.0 Å². The van der Waals surface area contributed by atoms with Crippen molar-refractivity contribution in [2.75, 3.05) is 6.61 Å². The highest BCUT2D eigenvalue weighted by Gasteiger charge is 2.24. The molecule has 1 fully saturated rings. The smallest absolute Gasteiger partial charge is 0.349 e. The number of rotatable bonds is 6. The normalized spacial score (nSPS) is 15.0. The first kappa shape index (κ1) is 23.0. The molecule has 2 N–H and O–H groups in total. The number of aryl methyl sites for hydroxylation is 1. The molecule has 1 atom stereocenters. The first-order chi connectivity index (χ1) is 15.5. The molecule has 1 saturated heterocycles. The van der Waals surface area contributed by atoms with Crippen LogP contribution in [-0.4, -0.2) is 33.6 Å². The van der Waals surface area contributed by atoms with E-state index in [4.69, 9.17) is 19.1 Å². The number of hydrogen-bond donors (Lipinski definition) is 2. The molecule has 0 saturated carbocycles. The van der Waals surface area contributed by atoms with E-state index >= 15 is 0 Å². The lowest BCUT2D eigenvalue weighted by Gasteiger charge is -2.12. The number of amides is 1. The summed E-state index contributed by atoms with van der Waals surface area (Å²) in [6.45, 7) is 3.01. The summed E-state index contributed by atoms with van der Waals surface area (Å²) in [5, 5.41) is 9.67. The van der Waals surface area contributed by atoms with Gasteiger partial charge in [-0.15, -0.1) is 0 Å². The third-order valence-electron chi connectivity index (χ3n) is 5.05. The molecule has 1 aliphatic rings. The summed E-state index contributed by atoms with van der Waals surface area (Å²) in [4.78, 5) is 37.7. The number of imidazole rings is 1. The third-order valence-corrected chi connectivity index (χ3v) is 5.05. The zero-order valence-corrected chi connectivity index (χ0v) is 17.7. The van der Waals surface area contributed by atoms with E-state index in [1.807, 2.05) is 41.1 Å². The van der Waals surface area contributed by atoms with Gasteiger partial charge in [-0.25, -0.2) is 9.78 Å². The maximum absolute atomic E-state index is 12.6. The molecule has 1 amide bonds. The predicted molar refractivity (Wildman–Crippen MR) is 115 cm³/mol. The van der Waals surface area contributed by atoms with Gasteiger partial charge in [0.2, 0.25) is 0 Å². The van der Waals surface area contributed by atoms with Gasteiger partial charge in [0.15, 0.2) is 0 Å². The Morgan fingerprint density at radius 1 is 1.34 bits per heavy atom. The minimum atomic E-state index is -0.638. The SMILES string of the molecule is Cc1cc(C2CCCO2)oc(=O)c1C(=O)NCc1nccn1Cc1ccccc1.O=CO. The highest BCUT2D eigenvalue weighted by Crippen LogP contribution is 2.28. The van der Waals surface area contributed by atoms with E-state index < -0.39 is 11.5 Å². The number of nitrogens with one attached hydrogen (secondary N) is 1. The van der Waals surface area contributed by atoms with E-state index in [9.17, 15) is 9.59 Å². The fourth-order valence-corrected chi connectivity index (χ4v) is 3.55. The minimum Gasteiger partial charge on any atom is -0.483 e. The van der Waals surface area contributed by atoms with Crippen molar-refractivity contribution in [3.8, 4) is 0 Å². The quantitative estimate of drug-likeness (QED) is 0.566. The maximum atomic E-state index is 12.6. The molecule has 3 heterocycles. The lowest BCUT2D eigenvalue weighted by atomic mass is 10.1. The zero-order chi connectivity index (χ0) is 22.9. The number of carbonyl (C=O) groups excluding carboxylic acids is 1. The highest BCUT2D eigenvalue weighted by atomic mass is 16.5. The molecule has 0 radical (unpaired) electrons. The average molecular weight is 439 g/mol. The van der Waals surface area contributed by atoms with Crippen molar-refractivity contribution >= 4 is 12.4 Å². The molecule has 0 spiro atoms. The molecule has 9 heteroatoms. The van der Waals surface area contributed by atoms with E-state index in [0.29, 0.717) is 30.3 Å². The number of ether oxygens (including phenoxy) is 1. The Balaban J connectivity index is 0.000000913. The van der Waals surface area contributed by atoms with Gasteiger partial charge in [0.05, 0.1) is 6.54 Å². The van der Waals surface area contributed by atoms with E-state index in [2.05, 4.69) is 10.3 Å². The molecule has 3 aromatic rings. The topological polar surface area (TPSA) is 124 Å². The van der Waals surface area contributed by atoms with Crippen molar-refractivity contribution in [3.63, 3.8) is 0 Å². The van der Waals surface area contributed by atoms with Crippen molar-refractivity contribution in [3.05, 3.63) is 87.5 Å². The van der Waals surface area contributed by atoms with Gasteiger partial charge in [-0.05, 0) is 37.0 Å². The van der Waals surface area contributed by atoms with Gasteiger partial charge >= 0.3 is 5.63 Å². The van der Waals surface area contributed by atoms with Crippen LogP contribution in [0.3, 0.4) is 0 Å². The number of aromatic nitrogens is 2. The molecule has 168 valence electrons. The van der Waals surface area contributed by atoms with Crippen molar-refractivity contribution in [1.29, 1.82) is 0 Å². The number of carbonyl (C=O) groups is 2. The van der Waals surface area contributed by atoms with Gasteiger partial charge < -0.3 is 24.1 Å². The van der Waals surface area contributed by atoms with Gasteiger partial charge in [-0.2, -0.15) is 0 Å². The second-order valence-electron chi connectivity index (χ2n) is 7.24. The Hall–Kier alpha value is -3.72. The summed E-state index contributed by atoms with van der Waals surface area (Å²) in [6.07, 6.45) is 5.11. The van der Waals surface area contributed by atoms with Crippen LogP contribution in [0.25, 0.3) is 0 Å². The van der Waals surface area contributed by atoms with E-state index in [1.54, 1.807) is 19.2 Å². The van der Waals surface area contributed by atoms with Crippen LogP contribution in [0.5, 0.6) is 0 Å². The lowest BCUT2D eigenvalue weighted by Crippen LogP contribution is -2.30. The molecular formula is C23H25N3O6. The lowest BCUT2D eigenvalue weighted by molar-refractivity contribution is -0.122. The van der Waals surface area contributed by atoms with Crippen LogP contribution in [0.2, 0.25) is 0 Å². The van der Waals surface area contributed by atoms with Gasteiger partial charge in [0.25, 0.3) is 12.4 Å². The second-order valence-corrected chi connectivity index (χ2v) is 7.24. The Kier molecular flexibility index (Phi) is 7.93. The Morgan fingerprint density at radius 2 is 2.09 bits per heavy atom. The van der Waals surface area contributed by atoms with Gasteiger partial charge in [0.1, 0.15) is 23.3 Å². The standard InChI is InChI=1S/C22H23N3O4.CH2O2/c1-15-12-18(17-8-5-11-28-17)29-22(27)20(15)21(26)24-13-19-23-9-10-25(19)14-16-6-3-2-4-7-16;2-1-3/h2-4,6-7,9-10,12,17H,5,8,11,13-14H2,1H3,(H,24,26);1H,(H,2,3). The van der Waals surface area contributed by atoms with Crippen molar-refractivity contribution in [1.82, 2.24) is 14.9 Å². The van der Waals surface area contributed by atoms with Crippen LogP contribution < -0.4 is 10.9 Å². The van der Waals surface area contributed by atoms with Crippen LogP contribution in [0.15, 0.2) is 58.0 Å². The summed E-state index contributed by atoms with van der Waals surface area (Å²) in [5.41, 5.74) is 1.10. The molecule has 2 aromatic heterocycles. The van der Waals surface area contributed by atoms with Crippen molar-refractivity contribution in [2.45, 2.75) is 39.0 Å². The van der Waals surface area contributed by atoms with Crippen LogP contribution in [0, 0.1) is 6.92 Å². The van der Waals surface area contributed by atoms with Gasteiger partial charge in [-0.1, -0.05) is 30.3 Å². The van der Waals surface area contributed by atoms with E-state index in [0.717, 1.165) is 18.4 Å². The number of benzene rings is 1. The number of carboxylic acid groups (broad SMARTS) is 1. The van der Waals surface area contributed by atoms with Crippen LogP contribution in [-0.2, 0) is 22.6 Å².